The Morgan fingerprint density at radius 1 is 1.00 bits per heavy atom. The van der Waals surface area contributed by atoms with Crippen molar-refractivity contribution in [2.24, 2.45) is 5.41 Å². The van der Waals surface area contributed by atoms with Gasteiger partial charge in [0.15, 0.2) is 0 Å². The first-order valence-corrected chi connectivity index (χ1v) is 12.2. The maximum Gasteiger partial charge on any atom is 0.237 e. The van der Waals surface area contributed by atoms with Crippen LogP contribution in [0.5, 0.6) is 5.75 Å². The van der Waals surface area contributed by atoms with Crippen molar-refractivity contribution in [1.29, 1.82) is 0 Å². The molecule has 0 saturated carbocycles. The standard InChI is InChI=1S/C26H36N2O3S/c1-6-8-16-31-21-14-12-19(13-15-21)28-25(30)23(7-2)32-22-11-9-10-20(17-22)27-24(29)18-26(3,4)5/h9-15,17,23H,6-8,16,18H2,1-5H3,(H,27,29)(H,28,30). The van der Waals surface area contributed by atoms with Crippen LogP contribution in [0.4, 0.5) is 11.4 Å². The molecule has 0 aromatic heterocycles. The van der Waals surface area contributed by atoms with E-state index >= 15 is 0 Å². The molecule has 0 aliphatic heterocycles. The van der Waals surface area contributed by atoms with Gasteiger partial charge in [0.05, 0.1) is 11.9 Å². The topological polar surface area (TPSA) is 67.4 Å². The van der Waals surface area contributed by atoms with Crippen LogP contribution in [0.1, 0.15) is 60.3 Å². The van der Waals surface area contributed by atoms with Gasteiger partial charge in [-0.1, -0.05) is 47.1 Å². The first-order valence-electron chi connectivity index (χ1n) is 11.3. The zero-order chi connectivity index (χ0) is 23.6. The molecular formula is C26H36N2O3S. The molecule has 0 heterocycles. The van der Waals surface area contributed by atoms with Crippen LogP contribution in [0.15, 0.2) is 53.4 Å². The molecule has 174 valence electrons. The highest BCUT2D eigenvalue weighted by Crippen LogP contribution is 2.29. The second-order valence-corrected chi connectivity index (χ2v) is 10.3. The van der Waals surface area contributed by atoms with Gasteiger partial charge in [-0.05, 0) is 60.7 Å². The average Bonchev–Trinajstić information content (AvgIpc) is 2.72. The van der Waals surface area contributed by atoms with Crippen LogP contribution in [-0.2, 0) is 9.59 Å². The summed E-state index contributed by atoms with van der Waals surface area (Å²) in [5.74, 6) is 0.758. The Bertz CT molecular complexity index is 875. The highest BCUT2D eigenvalue weighted by atomic mass is 32.2. The van der Waals surface area contributed by atoms with Crippen LogP contribution in [0.3, 0.4) is 0 Å². The van der Waals surface area contributed by atoms with Gasteiger partial charge in [0.1, 0.15) is 5.75 Å². The van der Waals surface area contributed by atoms with Gasteiger partial charge in [0.2, 0.25) is 11.8 Å². The normalized spacial score (nSPS) is 12.2. The average molecular weight is 457 g/mol. The number of benzene rings is 2. The van der Waals surface area contributed by atoms with E-state index in [0.29, 0.717) is 19.4 Å². The molecule has 2 aromatic rings. The third kappa shape index (κ3) is 9.35. The SMILES string of the molecule is CCCCOc1ccc(NC(=O)C(CC)Sc2cccc(NC(=O)CC(C)(C)C)c2)cc1. The van der Waals surface area contributed by atoms with E-state index in [-0.39, 0.29) is 22.5 Å². The quantitative estimate of drug-likeness (QED) is 0.290. The lowest BCUT2D eigenvalue weighted by molar-refractivity contribution is -0.118. The minimum Gasteiger partial charge on any atom is -0.494 e. The largest absolute Gasteiger partial charge is 0.494 e. The molecule has 2 amide bonds. The Balaban J connectivity index is 1.94. The van der Waals surface area contributed by atoms with E-state index in [2.05, 4.69) is 17.6 Å². The van der Waals surface area contributed by atoms with Crippen LogP contribution in [0.25, 0.3) is 0 Å². The Morgan fingerprint density at radius 2 is 1.72 bits per heavy atom. The second-order valence-electron chi connectivity index (χ2n) is 9.04. The minimum absolute atomic E-state index is 0.00782. The van der Waals surface area contributed by atoms with Crippen LogP contribution in [-0.4, -0.2) is 23.7 Å². The van der Waals surface area contributed by atoms with Crippen LogP contribution in [0.2, 0.25) is 0 Å². The maximum absolute atomic E-state index is 12.8. The van der Waals surface area contributed by atoms with Crippen molar-refractivity contribution < 1.29 is 14.3 Å². The van der Waals surface area contributed by atoms with Crippen molar-refractivity contribution in [2.45, 2.75) is 70.4 Å². The van der Waals surface area contributed by atoms with Crippen molar-refractivity contribution in [3.63, 3.8) is 0 Å². The number of anilines is 2. The summed E-state index contributed by atoms with van der Waals surface area (Å²) in [5.41, 5.74) is 1.43. The monoisotopic (exact) mass is 456 g/mol. The molecule has 0 aliphatic carbocycles. The van der Waals surface area contributed by atoms with Gasteiger partial charge < -0.3 is 15.4 Å². The summed E-state index contributed by atoms with van der Waals surface area (Å²) in [5, 5.41) is 5.71. The van der Waals surface area contributed by atoms with Crippen LogP contribution < -0.4 is 15.4 Å². The van der Waals surface area contributed by atoms with Gasteiger partial charge >= 0.3 is 0 Å². The Morgan fingerprint density at radius 3 is 2.34 bits per heavy atom. The van der Waals surface area contributed by atoms with Gasteiger partial charge in [-0.25, -0.2) is 0 Å². The number of hydrogen-bond acceptors (Lipinski definition) is 4. The molecule has 2 N–H and O–H groups in total. The van der Waals surface area contributed by atoms with Gasteiger partial charge in [-0.15, -0.1) is 11.8 Å². The molecule has 0 bridgehead atoms. The van der Waals surface area contributed by atoms with Crippen LogP contribution in [0, 0.1) is 5.41 Å². The number of ether oxygens (including phenoxy) is 1. The fraction of sp³-hybridized carbons (Fsp3) is 0.462. The minimum atomic E-state index is -0.240. The maximum atomic E-state index is 12.8. The van der Waals surface area contributed by atoms with E-state index in [9.17, 15) is 9.59 Å². The number of carbonyl (C=O) groups is 2. The van der Waals surface area contributed by atoms with Crippen molar-refractivity contribution in [2.75, 3.05) is 17.2 Å². The van der Waals surface area contributed by atoms with Crippen LogP contribution >= 0.6 is 11.8 Å². The lowest BCUT2D eigenvalue weighted by atomic mass is 9.92. The third-order valence-corrected chi connectivity index (χ3v) is 6.00. The first kappa shape index (κ1) is 25.8. The number of amides is 2. The molecule has 1 unspecified atom stereocenters. The molecule has 0 saturated heterocycles. The van der Waals surface area contributed by atoms with E-state index in [0.717, 1.165) is 34.9 Å². The summed E-state index contributed by atoms with van der Waals surface area (Å²) in [7, 11) is 0. The number of hydrogen-bond donors (Lipinski definition) is 2. The highest BCUT2D eigenvalue weighted by Gasteiger charge is 2.19. The number of rotatable bonds is 11. The molecule has 2 rings (SSSR count). The molecule has 0 radical (unpaired) electrons. The Hall–Kier alpha value is -2.47. The summed E-state index contributed by atoms with van der Waals surface area (Å²) in [6, 6.07) is 15.1. The van der Waals surface area contributed by atoms with Gasteiger partial charge in [-0.2, -0.15) is 0 Å². The number of thioether (sulfide) groups is 1. The Labute approximate surface area is 196 Å². The predicted molar refractivity (Wildman–Crippen MR) is 135 cm³/mol. The summed E-state index contributed by atoms with van der Waals surface area (Å²) < 4.78 is 5.67. The fourth-order valence-electron chi connectivity index (χ4n) is 3.01. The van der Waals surface area contributed by atoms with Gasteiger partial charge in [-0.3, -0.25) is 9.59 Å². The molecule has 0 fully saturated rings. The number of carbonyl (C=O) groups excluding carboxylic acids is 2. The van der Waals surface area contributed by atoms with Crippen molar-refractivity contribution >= 4 is 35.0 Å². The van der Waals surface area contributed by atoms with E-state index in [4.69, 9.17) is 4.74 Å². The third-order valence-electron chi connectivity index (χ3n) is 4.64. The zero-order valence-electron chi connectivity index (χ0n) is 19.9. The van der Waals surface area contributed by atoms with E-state index in [1.54, 1.807) is 0 Å². The highest BCUT2D eigenvalue weighted by molar-refractivity contribution is 8.00. The smallest absolute Gasteiger partial charge is 0.237 e. The van der Waals surface area contributed by atoms with Crippen molar-refractivity contribution in [3.05, 3.63) is 48.5 Å². The molecule has 0 aliphatic rings. The molecular weight excluding hydrogens is 420 g/mol. The lowest BCUT2D eigenvalue weighted by Crippen LogP contribution is -2.24. The molecule has 6 heteroatoms. The fourth-order valence-corrected chi connectivity index (χ4v) is 4.03. The zero-order valence-corrected chi connectivity index (χ0v) is 20.7. The number of nitrogens with one attached hydrogen (secondary N) is 2. The molecule has 5 nitrogen and oxygen atoms in total. The van der Waals surface area contributed by atoms with E-state index < -0.39 is 0 Å². The van der Waals surface area contributed by atoms with Crippen molar-refractivity contribution in [1.82, 2.24) is 0 Å². The van der Waals surface area contributed by atoms with E-state index in [1.165, 1.54) is 11.8 Å². The summed E-state index contributed by atoms with van der Waals surface area (Å²) in [6.07, 6.45) is 3.26. The second kappa shape index (κ2) is 12.5. The summed E-state index contributed by atoms with van der Waals surface area (Å²) >= 11 is 1.50. The Kier molecular flexibility index (Phi) is 10.1. The number of unbranched alkanes of at least 4 members (excludes halogenated alkanes) is 1. The summed E-state index contributed by atoms with van der Waals surface area (Å²) in [4.78, 5) is 26.0. The lowest BCUT2D eigenvalue weighted by Gasteiger charge is -2.18. The molecule has 2 aromatic carbocycles. The first-order chi connectivity index (χ1) is 15.2. The predicted octanol–water partition coefficient (Wildman–Crippen LogP) is 6.75. The molecule has 0 spiro atoms. The summed E-state index contributed by atoms with van der Waals surface area (Å²) in [6.45, 7) is 10.9. The molecule has 32 heavy (non-hydrogen) atoms. The van der Waals surface area contributed by atoms with E-state index in [1.807, 2.05) is 76.2 Å². The van der Waals surface area contributed by atoms with Gasteiger partial charge in [0, 0.05) is 22.7 Å². The molecule has 1 atom stereocenters. The van der Waals surface area contributed by atoms with Crippen molar-refractivity contribution in [3.8, 4) is 5.75 Å². The van der Waals surface area contributed by atoms with Gasteiger partial charge in [0.25, 0.3) is 0 Å².